The van der Waals surface area contributed by atoms with Gasteiger partial charge in [0, 0.05) is 18.8 Å². The van der Waals surface area contributed by atoms with Crippen LogP contribution in [0.5, 0.6) is 0 Å². The maximum atomic E-state index is 12.0. The largest absolute Gasteiger partial charge is 0.459 e. The van der Waals surface area contributed by atoms with Gasteiger partial charge in [0.25, 0.3) is 5.91 Å². The summed E-state index contributed by atoms with van der Waals surface area (Å²) in [6, 6.07) is 10.9. The maximum Gasteiger partial charge on any atom is 0.291 e. The van der Waals surface area contributed by atoms with Crippen molar-refractivity contribution in [1.82, 2.24) is 10.6 Å². The number of furan rings is 1. The Hall–Kier alpha value is -2.03. The molecule has 6 nitrogen and oxygen atoms in total. The van der Waals surface area contributed by atoms with Crippen molar-refractivity contribution < 1.29 is 9.21 Å². The number of guanidine groups is 1. The maximum absolute atomic E-state index is 12.0. The van der Waals surface area contributed by atoms with Gasteiger partial charge >= 0.3 is 0 Å². The van der Waals surface area contributed by atoms with Crippen LogP contribution < -0.4 is 16.0 Å². The molecule has 0 aliphatic heterocycles. The first-order chi connectivity index (χ1) is 11.2. The fourth-order valence-corrected chi connectivity index (χ4v) is 2.03. The van der Waals surface area contributed by atoms with Crippen molar-refractivity contribution in [3.63, 3.8) is 0 Å². The quantitative estimate of drug-likeness (QED) is 0.365. The predicted octanol–water partition coefficient (Wildman–Crippen LogP) is 3.22. The van der Waals surface area contributed by atoms with E-state index in [1.54, 1.807) is 12.1 Å². The molecule has 0 unspecified atom stereocenters. The molecule has 7 heteroatoms. The van der Waals surface area contributed by atoms with Gasteiger partial charge in [-0.25, -0.2) is 4.99 Å². The average Bonchev–Trinajstić information content (AvgIpc) is 3.08. The summed E-state index contributed by atoms with van der Waals surface area (Å²) in [6.07, 6.45) is 1.48. The molecule has 0 aliphatic carbocycles. The minimum atomic E-state index is -0.267. The van der Waals surface area contributed by atoms with Crippen LogP contribution in [0.1, 0.15) is 30.0 Å². The summed E-state index contributed by atoms with van der Waals surface area (Å²) in [5, 5.41) is 9.16. The highest BCUT2D eigenvalue weighted by molar-refractivity contribution is 14.0. The number of carbonyl (C=O) groups excluding carboxylic acids is 1. The molecule has 0 atom stereocenters. The van der Waals surface area contributed by atoms with Crippen molar-refractivity contribution in [1.29, 1.82) is 0 Å². The summed E-state index contributed by atoms with van der Waals surface area (Å²) >= 11 is 0. The Morgan fingerprint density at radius 2 is 1.88 bits per heavy atom. The zero-order valence-electron chi connectivity index (χ0n) is 13.8. The fourth-order valence-electron chi connectivity index (χ4n) is 2.03. The number of amides is 1. The number of benzene rings is 1. The van der Waals surface area contributed by atoms with Crippen molar-refractivity contribution in [3.8, 4) is 0 Å². The minimum Gasteiger partial charge on any atom is -0.459 e. The lowest BCUT2D eigenvalue weighted by atomic mass is 10.2. The smallest absolute Gasteiger partial charge is 0.291 e. The predicted molar refractivity (Wildman–Crippen MR) is 107 cm³/mol. The molecule has 0 aliphatic rings. The molecular formula is C17H23IN4O2. The van der Waals surface area contributed by atoms with E-state index in [4.69, 9.17) is 4.42 Å². The molecule has 1 amide bonds. The number of aliphatic imine (C=N–C) groups is 1. The van der Waals surface area contributed by atoms with E-state index in [0.717, 1.165) is 24.6 Å². The number of nitrogens with zero attached hydrogens (tertiary/aromatic N) is 1. The topological polar surface area (TPSA) is 78.7 Å². The van der Waals surface area contributed by atoms with Crippen LogP contribution in [0.3, 0.4) is 0 Å². The summed E-state index contributed by atoms with van der Waals surface area (Å²) in [7, 11) is 0. The molecule has 130 valence electrons. The van der Waals surface area contributed by atoms with Crippen LogP contribution in [-0.4, -0.2) is 25.0 Å². The van der Waals surface area contributed by atoms with Gasteiger partial charge in [0.2, 0.25) is 0 Å². The SMILES string of the molecule is CCNC(=NCc1cccc(NC(=O)c2ccco2)c1)NCC.I. The number of hydrogen-bond donors (Lipinski definition) is 3. The Morgan fingerprint density at radius 1 is 1.12 bits per heavy atom. The third kappa shape index (κ3) is 6.23. The van der Waals surface area contributed by atoms with Crippen LogP contribution in [0.2, 0.25) is 0 Å². The van der Waals surface area contributed by atoms with Crippen LogP contribution in [0.25, 0.3) is 0 Å². The zero-order valence-corrected chi connectivity index (χ0v) is 16.2. The van der Waals surface area contributed by atoms with Gasteiger partial charge in [-0.2, -0.15) is 0 Å². The number of carbonyl (C=O) groups is 1. The third-order valence-electron chi connectivity index (χ3n) is 3.04. The van der Waals surface area contributed by atoms with Gasteiger partial charge in [-0.05, 0) is 43.7 Å². The number of hydrogen-bond acceptors (Lipinski definition) is 3. The lowest BCUT2D eigenvalue weighted by Crippen LogP contribution is -2.36. The van der Waals surface area contributed by atoms with Crippen LogP contribution in [0.15, 0.2) is 52.1 Å². The second kappa shape index (κ2) is 10.7. The van der Waals surface area contributed by atoms with Gasteiger partial charge in [-0.15, -0.1) is 24.0 Å². The number of nitrogens with one attached hydrogen (secondary N) is 3. The van der Waals surface area contributed by atoms with Gasteiger partial charge in [0.05, 0.1) is 12.8 Å². The normalized spacial score (nSPS) is 9.58. The summed E-state index contributed by atoms with van der Waals surface area (Å²) in [4.78, 5) is 16.5. The molecule has 0 fully saturated rings. The zero-order chi connectivity index (χ0) is 16.5. The molecule has 2 rings (SSSR count). The second-order valence-electron chi connectivity index (χ2n) is 4.86. The highest BCUT2D eigenvalue weighted by Crippen LogP contribution is 2.13. The standard InChI is InChI=1S/C17H22N4O2.HI/c1-3-18-17(19-4-2)20-12-13-7-5-8-14(11-13)21-16(22)15-9-6-10-23-15;/h5-11H,3-4,12H2,1-2H3,(H,21,22)(H2,18,19,20);1H. The van der Waals surface area contributed by atoms with E-state index in [1.807, 2.05) is 38.1 Å². The van der Waals surface area contributed by atoms with Crippen molar-refractivity contribution >= 4 is 41.5 Å². The minimum absolute atomic E-state index is 0. The first-order valence-corrected chi connectivity index (χ1v) is 7.69. The molecule has 0 spiro atoms. The van der Waals surface area contributed by atoms with E-state index in [2.05, 4.69) is 20.9 Å². The van der Waals surface area contributed by atoms with E-state index in [-0.39, 0.29) is 35.6 Å². The molecule has 0 saturated heterocycles. The summed E-state index contributed by atoms with van der Waals surface area (Å²) < 4.78 is 5.08. The monoisotopic (exact) mass is 442 g/mol. The van der Waals surface area contributed by atoms with Gasteiger partial charge in [0.1, 0.15) is 0 Å². The summed E-state index contributed by atoms with van der Waals surface area (Å²) in [5.74, 6) is 0.798. The second-order valence-corrected chi connectivity index (χ2v) is 4.86. The molecule has 2 aromatic rings. The van der Waals surface area contributed by atoms with Crippen LogP contribution in [0, 0.1) is 0 Å². The van der Waals surface area contributed by atoms with E-state index >= 15 is 0 Å². The highest BCUT2D eigenvalue weighted by Gasteiger charge is 2.08. The third-order valence-corrected chi connectivity index (χ3v) is 3.04. The highest BCUT2D eigenvalue weighted by atomic mass is 127. The van der Waals surface area contributed by atoms with E-state index in [9.17, 15) is 4.79 Å². The van der Waals surface area contributed by atoms with E-state index in [0.29, 0.717) is 12.2 Å². The van der Waals surface area contributed by atoms with Gasteiger partial charge < -0.3 is 20.4 Å². The molecular weight excluding hydrogens is 419 g/mol. The van der Waals surface area contributed by atoms with Crippen molar-refractivity contribution in [2.45, 2.75) is 20.4 Å². The first kappa shape index (κ1) is 20.0. The van der Waals surface area contributed by atoms with E-state index in [1.165, 1.54) is 6.26 Å². The average molecular weight is 442 g/mol. The van der Waals surface area contributed by atoms with Crippen molar-refractivity contribution in [3.05, 3.63) is 54.0 Å². The van der Waals surface area contributed by atoms with Crippen LogP contribution in [-0.2, 0) is 6.54 Å². The molecule has 0 radical (unpaired) electrons. The van der Waals surface area contributed by atoms with Gasteiger partial charge in [-0.1, -0.05) is 12.1 Å². The molecule has 24 heavy (non-hydrogen) atoms. The van der Waals surface area contributed by atoms with Crippen molar-refractivity contribution in [2.75, 3.05) is 18.4 Å². The number of halogens is 1. The molecule has 1 aromatic carbocycles. The Morgan fingerprint density at radius 3 is 2.50 bits per heavy atom. The van der Waals surface area contributed by atoms with Crippen molar-refractivity contribution in [2.24, 2.45) is 4.99 Å². The Kier molecular flexibility index (Phi) is 8.92. The Labute approximate surface area is 159 Å². The molecule has 0 bridgehead atoms. The first-order valence-electron chi connectivity index (χ1n) is 7.69. The number of rotatable bonds is 6. The number of anilines is 1. The van der Waals surface area contributed by atoms with Gasteiger partial charge in [-0.3, -0.25) is 4.79 Å². The Bertz CT molecular complexity index is 648. The lowest BCUT2D eigenvalue weighted by Gasteiger charge is -2.09. The molecule has 3 N–H and O–H groups in total. The lowest BCUT2D eigenvalue weighted by molar-refractivity contribution is 0.0996. The van der Waals surface area contributed by atoms with E-state index < -0.39 is 0 Å². The van der Waals surface area contributed by atoms with Gasteiger partial charge in [0.15, 0.2) is 11.7 Å². The molecule has 1 heterocycles. The van der Waals surface area contributed by atoms with Crippen LogP contribution >= 0.6 is 24.0 Å². The van der Waals surface area contributed by atoms with Crippen LogP contribution in [0.4, 0.5) is 5.69 Å². The Balaban J connectivity index is 0.00000288. The summed E-state index contributed by atoms with van der Waals surface area (Å²) in [6.45, 7) is 6.20. The summed E-state index contributed by atoms with van der Waals surface area (Å²) in [5.41, 5.74) is 1.73. The molecule has 0 saturated carbocycles. The fraction of sp³-hybridized carbons (Fsp3) is 0.294. The molecule has 1 aromatic heterocycles.